The zero-order valence-corrected chi connectivity index (χ0v) is 41.0. The van der Waals surface area contributed by atoms with E-state index in [0.717, 1.165) is 0 Å². The Morgan fingerprint density at radius 2 is 1.00 bits per heavy atom. The van der Waals surface area contributed by atoms with Gasteiger partial charge in [0.15, 0.2) is 35.1 Å². The number of carbonyl (C=O) groups excluding carboxylic acids is 3. The Morgan fingerprint density at radius 3 is 1.41 bits per heavy atom. The van der Waals surface area contributed by atoms with E-state index in [1.165, 1.54) is 93.9 Å². The van der Waals surface area contributed by atoms with Gasteiger partial charge in [0.25, 0.3) is 11.8 Å². The van der Waals surface area contributed by atoms with Gasteiger partial charge in [0, 0.05) is 36.5 Å². The molecule has 8 atom stereocenters. The molecule has 23 nitrogen and oxygen atoms in total. The van der Waals surface area contributed by atoms with Crippen LogP contribution in [-0.4, -0.2) is 118 Å². The van der Waals surface area contributed by atoms with E-state index in [2.05, 4.69) is 10.6 Å². The van der Waals surface area contributed by atoms with Gasteiger partial charge in [-0.05, 0) is 114 Å². The molecule has 2 aromatic heterocycles. The van der Waals surface area contributed by atoms with Gasteiger partial charge in [-0.15, -0.1) is 0 Å². The summed E-state index contributed by atoms with van der Waals surface area (Å²) in [6.45, 7) is 9.66. The molecule has 6 aromatic rings. The lowest BCUT2D eigenvalue weighted by molar-refractivity contribution is -0.306. The molecule has 2 aliphatic heterocycles. The quantitative estimate of drug-likeness (QED) is 0.0718. The molecule has 8 unspecified atom stereocenters. The molecule has 392 valence electrons. The van der Waals surface area contributed by atoms with E-state index >= 15 is 0 Å². The standard InChI is InChI=1S/C51H53N3O20/c1-21-29(68-47-36(58)35(57)41(65-7)50(3,4)73-47)19-17-27-33(55)31(45(62)70-38(21)27)53-43(60)23-9-13-25(14-10-23)67-26-15-11-24(12-16-26)44(61)54-32-34(56)28-18-20-30(22(2)39(28)71-46(32)63)69-48-37(59)40(72-49(52)64)42(66-8)51(5,6)74-48/h9-20,35-37,40-42,47-48,55-59H,1-8H3,(H2,52,64)(H,53,60)(H,54,61). The van der Waals surface area contributed by atoms with Gasteiger partial charge in [-0.2, -0.15) is 0 Å². The van der Waals surface area contributed by atoms with E-state index in [1.54, 1.807) is 34.6 Å². The fraction of sp³-hybridized carbons (Fsp3) is 0.353. The third-order valence-electron chi connectivity index (χ3n) is 12.7. The van der Waals surface area contributed by atoms with Crippen molar-refractivity contribution in [3.8, 4) is 34.5 Å². The number of ether oxygens (including phenoxy) is 8. The molecule has 2 fully saturated rings. The Hall–Kier alpha value is -7.77. The van der Waals surface area contributed by atoms with E-state index in [0.29, 0.717) is 0 Å². The maximum absolute atomic E-state index is 13.3. The molecule has 4 aromatic carbocycles. The van der Waals surface area contributed by atoms with Crippen molar-refractivity contribution in [3.05, 3.63) is 116 Å². The van der Waals surface area contributed by atoms with Gasteiger partial charge in [-0.3, -0.25) is 9.59 Å². The second-order valence-corrected chi connectivity index (χ2v) is 18.5. The van der Waals surface area contributed by atoms with Crippen LogP contribution in [0.3, 0.4) is 0 Å². The molecule has 0 spiro atoms. The Bertz CT molecular complexity index is 3260. The van der Waals surface area contributed by atoms with Crippen LogP contribution in [0.25, 0.3) is 21.9 Å². The molecule has 0 bridgehead atoms. The summed E-state index contributed by atoms with van der Waals surface area (Å²) in [6, 6.07) is 17.1. The summed E-state index contributed by atoms with van der Waals surface area (Å²) in [7, 11) is 2.73. The first-order valence-electron chi connectivity index (χ1n) is 22.8. The van der Waals surface area contributed by atoms with Crippen molar-refractivity contribution in [1.82, 2.24) is 0 Å². The van der Waals surface area contributed by atoms with E-state index in [-0.39, 0.29) is 67.2 Å². The summed E-state index contributed by atoms with van der Waals surface area (Å²) in [6.07, 6.45) is -11.4. The second kappa shape index (κ2) is 20.3. The predicted octanol–water partition coefficient (Wildman–Crippen LogP) is 4.83. The van der Waals surface area contributed by atoms with Crippen LogP contribution in [0.2, 0.25) is 0 Å². The second-order valence-electron chi connectivity index (χ2n) is 18.5. The number of fused-ring (bicyclic) bond motifs is 2. The van der Waals surface area contributed by atoms with Crippen molar-refractivity contribution in [3.63, 3.8) is 0 Å². The number of hydrogen-bond donors (Lipinski definition) is 8. The minimum absolute atomic E-state index is 0.0360. The predicted molar refractivity (Wildman–Crippen MR) is 260 cm³/mol. The highest BCUT2D eigenvalue weighted by molar-refractivity contribution is 6.07. The van der Waals surface area contributed by atoms with Crippen molar-refractivity contribution >= 4 is 51.2 Å². The number of aromatic hydroxyl groups is 2. The number of carbonyl (C=O) groups is 3. The first-order valence-corrected chi connectivity index (χ1v) is 22.8. The highest BCUT2D eigenvalue weighted by Gasteiger charge is 2.53. The Kier molecular flexibility index (Phi) is 14.4. The number of aliphatic hydroxyl groups is 3. The fourth-order valence-corrected chi connectivity index (χ4v) is 8.96. The van der Waals surface area contributed by atoms with Gasteiger partial charge in [-0.25, -0.2) is 14.4 Å². The topological polar surface area (TPSA) is 337 Å². The molecule has 74 heavy (non-hydrogen) atoms. The zero-order valence-electron chi connectivity index (χ0n) is 41.0. The molecule has 0 saturated carbocycles. The highest BCUT2D eigenvalue weighted by Crippen LogP contribution is 2.41. The van der Waals surface area contributed by atoms with Crippen LogP contribution in [0.4, 0.5) is 16.2 Å². The van der Waals surface area contributed by atoms with Crippen LogP contribution >= 0.6 is 0 Å². The van der Waals surface area contributed by atoms with Crippen LogP contribution in [0, 0.1) is 13.8 Å². The number of amides is 3. The van der Waals surface area contributed by atoms with Crippen LogP contribution in [-0.2, 0) is 23.7 Å². The number of benzene rings is 4. The molecule has 9 N–H and O–H groups in total. The summed E-state index contributed by atoms with van der Waals surface area (Å²) in [5, 5.41) is 59.6. The maximum atomic E-state index is 13.3. The number of rotatable bonds is 13. The van der Waals surface area contributed by atoms with E-state index in [9.17, 15) is 49.5 Å². The number of nitrogens with two attached hydrogens (primary N) is 1. The number of anilines is 2. The van der Waals surface area contributed by atoms with Crippen LogP contribution < -0.4 is 41.8 Å². The summed E-state index contributed by atoms with van der Waals surface area (Å²) < 4.78 is 56.6. The van der Waals surface area contributed by atoms with Gasteiger partial charge < -0.3 is 88.6 Å². The number of nitrogens with one attached hydrogen (secondary N) is 2. The van der Waals surface area contributed by atoms with E-state index in [4.69, 9.17) is 52.5 Å². The molecule has 3 amide bonds. The van der Waals surface area contributed by atoms with Gasteiger partial charge in [0.1, 0.15) is 58.6 Å². The first-order chi connectivity index (χ1) is 34.9. The van der Waals surface area contributed by atoms with Crippen molar-refractivity contribution in [2.24, 2.45) is 5.73 Å². The Labute approximate surface area is 419 Å². The average Bonchev–Trinajstić information content (AvgIpc) is 3.34. The first kappa shape index (κ1) is 52.5. The summed E-state index contributed by atoms with van der Waals surface area (Å²) in [5.74, 6) is -1.98. The Balaban J connectivity index is 0.897. The van der Waals surface area contributed by atoms with Crippen molar-refractivity contribution in [2.75, 3.05) is 24.9 Å². The number of hydrogen-bond acceptors (Lipinski definition) is 20. The molecule has 2 aliphatic rings. The molecule has 0 aliphatic carbocycles. The normalized spacial score (nSPS) is 23.2. The van der Waals surface area contributed by atoms with Crippen molar-refractivity contribution in [1.29, 1.82) is 0 Å². The number of primary amides is 1. The van der Waals surface area contributed by atoms with Gasteiger partial charge in [-0.1, -0.05) is 0 Å². The molecular formula is C51H53N3O20. The van der Waals surface area contributed by atoms with Gasteiger partial charge >= 0.3 is 17.3 Å². The summed E-state index contributed by atoms with van der Waals surface area (Å²) in [4.78, 5) is 64.6. The van der Waals surface area contributed by atoms with Crippen LogP contribution in [0.15, 0.2) is 91.2 Å². The number of aryl methyl sites for hydroxylation is 2. The largest absolute Gasteiger partial charge is 0.505 e. The average molecular weight is 1030 g/mol. The lowest BCUT2D eigenvalue weighted by Gasteiger charge is -2.47. The Morgan fingerprint density at radius 1 is 0.595 bits per heavy atom. The van der Waals surface area contributed by atoms with Crippen LogP contribution in [0.1, 0.15) is 59.5 Å². The van der Waals surface area contributed by atoms with Crippen molar-refractivity contribution in [2.45, 2.75) is 102 Å². The van der Waals surface area contributed by atoms with Crippen molar-refractivity contribution < 1.29 is 86.6 Å². The molecule has 23 heteroatoms. The van der Waals surface area contributed by atoms with Gasteiger partial charge in [0.2, 0.25) is 12.6 Å². The lowest BCUT2D eigenvalue weighted by atomic mass is 9.89. The lowest BCUT2D eigenvalue weighted by Crippen LogP contribution is -2.65. The van der Waals surface area contributed by atoms with Crippen LogP contribution in [0.5, 0.6) is 34.5 Å². The fourth-order valence-electron chi connectivity index (χ4n) is 8.96. The molecule has 2 saturated heterocycles. The molecule has 4 heterocycles. The number of aliphatic hydroxyl groups excluding tert-OH is 3. The maximum Gasteiger partial charge on any atom is 0.404 e. The third kappa shape index (κ3) is 10.0. The number of methoxy groups -OCH3 is 2. The van der Waals surface area contributed by atoms with Gasteiger partial charge in [0.05, 0.1) is 22.0 Å². The monoisotopic (exact) mass is 1030 g/mol. The van der Waals surface area contributed by atoms with E-state index < -0.39 is 112 Å². The third-order valence-corrected chi connectivity index (χ3v) is 12.7. The summed E-state index contributed by atoms with van der Waals surface area (Å²) >= 11 is 0. The SMILES string of the molecule is COC1C(O)C(O)C(Oc2ccc3c(O)c(NC(=O)c4ccc(Oc5ccc(C(=O)Nc6c(O)c7ccc(OC8OC(C)(C)C(OC)C(OC(N)=O)C8O)c(C)c7oc6=O)cc5)cc4)c(=O)oc3c2C)OC1(C)C. The zero-order chi connectivity index (χ0) is 53.7. The minimum Gasteiger partial charge on any atom is -0.505 e. The molecule has 0 radical (unpaired) electrons. The van der Waals surface area contributed by atoms with E-state index in [1.807, 2.05) is 0 Å². The summed E-state index contributed by atoms with van der Waals surface area (Å²) in [5.41, 5.74) is 0.262. The minimum atomic E-state index is -1.57. The smallest absolute Gasteiger partial charge is 0.404 e. The molecular weight excluding hydrogens is 975 g/mol. The molecule has 8 rings (SSSR count). The highest BCUT2D eigenvalue weighted by atomic mass is 16.7.